The first-order valence-corrected chi connectivity index (χ1v) is 5.48. The number of amides is 1. The van der Waals surface area contributed by atoms with E-state index in [2.05, 4.69) is 20.3 Å². The van der Waals surface area contributed by atoms with Crippen molar-refractivity contribution in [3.8, 4) is 0 Å². The minimum Gasteiger partial charge on any atom is -0.342 e. The lowest BCUT2D eigenvalue weighted by Crippen LogP contribution is -2.17. The molecule has 18 heavy (non-hydrogen) atoms. The lowest BCUT2D eigenvalue weighted by Gasteiger charge is -2.04. The predicted octanol–water partition coefficient (Wildman–Crippen LogP) is 2.15. The Bertz CT molecular complexity index is 698. The molecule has 2 heterocycles. The summed E-state index contributed by atoms with van der Waals surface area (Å²) in [5, 5.41) is 2.78. The van der Waals surface area contributed by atoms with Gasteiger partial charge in [0.25, 0.3) is 0 Å². The molecule has 1 aromatic carbocycles. The van der Waals surface area contributed by atoms with Gasteiger partial charge in [-0.3, -0.25) is 4.57 Å². The van der Waals surface area contributed by atoms with Crippen LogP contribution in [0.15, 0.2) is 36.9 Å². The number of fused-ring (bicyclic) bond motifs is 1. The van der Waals surface area contributed by atoms with Crippen LogP contribution in [0, 0.1) is 6.92 Å². The molecule has 0 saturated heterocycles. The van der Waals surface area contributed by atoms with E-state index < -0.39 is 0 Å². The van der Waals surface area contributed by atoms with Crippen molar-refractivity contribution in [2.75, 3.05) is 5.32 Å². The van der Waals surface area contributed by atoms with Crippen LogP contribution in [0.25, 0.3) is 11.0 Å². The van der Waals surface area contributed by atoms with Gasteiger partial charge < -0.3 is 10.3 Å². The molecule has 0 aliphatic rings. The van der Waals surface area contributed by atoms with Crippen LogP contribution in [-0.2, 0) is 0 Å². The molecule has 0 unspecified atom stereocenters. The third-order valence-corrected chi connectivity index (χ3v) is 2.59. The first-order valence-electron chi connectivity index (χ1n) is 5.48. The number of anilines is 1. The smallest absolute Gasteiger partial charge is 0.331 e. The quantitative estimate of drug-likeness (QED) is 0.685. The fraction of sp³-hybridized carbons (Fsp3) is 0.0833. The second kappa shape index (κ2) is 3.99. The molecule has 3 rings (SSSR count). The van der Waals surface area contributed by atoms with Gasteiger partial charge in [0.05, 0.1) is 11.0 Å². The van der Waals surface area contributed by atoms with E-state index in [4.69, 9.17) is 0 Å². The standard InChI is InChI=1S/C12H11N5O/c1-8-14-10-3-2-9(6-11(10)15-8)16-12(18)17-5-4-13-7-17/h2-7H,1H3,(H,14,15)(H,16,18). The number of H-pyrrole nitrogens is 1. The molecule has 0 aliphatic heterocycles. The fourth-order valence-corrected chi connectivity index (χ4v) is 1.78. The second-order valence-corrected chi connectivity index (χ2v) is 3.95. The van der Waals surface area contributed by atoms with Crippen molar-refractivity contribution in [1.82, 2.24) is 19.5 Å². The Morgan fingerprint density at radius 1 is 1.44 bits per heavy atom. The van der Waals surface area contributed by atoms with Gasteiger partial charge in [-0.25, -0.2) is 14.8 Å². The van der Waals surface area contributed by atoms with E-state index in [9.17, 15) is 4.79 Å². The van der Waals surface area contributed by atoms with Crippen LogP contribution >= 0.6 is 0 Å². The van der Waals surface area contributed by atoms with Crippen molar-refractivity contribution in [2.45, 2.75) is 6.92 Å². The van der Waals surface area contributed by atoms with Crippen LogP contribution in [0.5, 0.6) is 0 Å². The largest absolute Gasteiger partial charge is 0.342 e. The van der Waals surface area contributed by atoms with Gasteiger partial charge in [0, 0.05) is 18.1 Å². The second-order valence-electron chi connectivity index (χ2n) is 3.95. The number of hydrogen-bond donors (Lipinski definition) is 2. The van der Waals surface area contributed by atoms with E-state index >= 15 is 0 Å². The summed E-state index contributed by atoms with van der Waals surface area (Å²) < 4.78 is 1.38. The van der Waals surface area contributed by atoms with Crippen LogP contribution in [0.2, 0.25) is 0 Å². The minimum atomic E-state index is -0.247. The number of aromatic nitrogens is 4. The summed E-state index contributed by atoms with van der Waals surface area (Å²) in [6.07, 6.45) is 4.60. The fourth-order valence-electron chi connectivity index (χ4n) is 1.78. The first-order chi connectivity index (χ1) is 8.72. The van der Waals surface area contributed by atoms with Crippen LogP contribution < -0.4 is 5.32 Å². The highest BCUT2D eigenvalue weighted by Crippen LogP contribution is 2.17. The number of nitrogens with zero attached hydrogens (tertiary/aromatic N) is 3. The third-order valence-electron chi connectivity index (χ3n) is 2.59. The number of imidazole rings is 2. The van der Waals surface area contributed by atoms with Crippen molar-refractivity contribution in [2.24, 2.45) is 0 Å². The summed E-state index contributed by atoms with van der Waals surface area (Å²) in [5.74, 6) is 0.850. The van der Waals surface area contributed by atoms with Crippen molar-refractivity contribution < 1.29 is 4.79 Å². The minimum absolute atomic E-state index is 0.247. The van der Waals surface area contributed by atoms with Crippen molar-refractivity contribution in [3.63, 3.8) is 0 Å². The molecule has 2 aromatic heterocycles. The zero-order valence-corrected chi connectivity index (χ0v) is 9.71. The van der Waals surface area contributed by atoms with Crippen LogP contribution in [0.4, 0.5) is 10.5 Å². The normalized spacial score (nSPS) is 10.7. The van der Waals surface area contributed by atoms with Gasteiger partial charge >= 0.3 is 6.03 Å². The maximum absolute atomic E-state index is 11.8. The van der Waals surface area contributed by atoms with E-state index in [1.807, 2.05) is 25.1 Å². The molecule has 0 atom stereocenters. The molecule has 2 N–H and O–H groups in total. The first kappa shape index (κ1) is 10.5. The molecule has 90 valence electrons. The van der Waals surface area contributed by atoms with E-state index in [1.54, 1.807) is 12.4 Å². The van der Waals surface area contributed by atoms with Gasteiger partial charge in [0.2, 0.25) is 0 Å². The van der Waals surface area contributed by atoms with Crippen molar-refractivity contribution in [1.29, 1.82) is 0 Å². The van der Waals surface area contributed by atoms with Gasteiger partial charge in [-0.05, 0) is 25.1 Å². The maximum atomic E-state index is 11.8. The Morgan fingerprint density at radius 3 is 3.11 bits per heavy atom. The molecule has 1 amide bonds. The zero-order chi connectivity index (χ0) is 12.5. The molecule has 0 bridgehead atoms. The van der Waals surface area contributed by atoms with E-state index in [0.717, 1.165) is 16.9 Å². The SMILES string of the molecule is Cc1nc2ccc(NC(=O)n3ccnc3)cc2[nH]1. The molecule has 3 aromatic rings. The molecule has 0 fully saturated rings. The Morgan fingerprint density at radius 2 is 2.33 bits per heavy atom. The number of benzene rings is 1. The number of carbonyl (C=O) groups excluding carboxylic acids is 1. The summed E-state index contributed by atoms with van der Waals surface area (Å²) in [6, 6.07) is 5.28. The molecule has 0 aliphatic carbocycles. The average Bonchev–Trinajstić information content (AvgIpc) is 2.95. The highest BCUT2D eigenvalue weighted by Gasteiger charge is 2.05. The topological polar surface area (TPSA) is 75.6 Å². The van der Waals surface area contributed by atoms with Crippen LogP contribution in [-0.4, -0.2) is 25.6 Å². The predicted molar refractivity (Wildman–Crippen MR) is 67.5 cm³/mol. The summed E-state index contributed by atoms with van der Waals surface area (Å²) in [5.41, 5.74) is 2.49. The molecule has 6 heteroatoms. The van der Waals surface area contributed by atoms with Gasteiger partial charge in [-0.15, -0.1) is 0 Å². The van der Waals surface area contributed by atoms with Gasteiger partial charge in [-0.1, -0.05) is 0 Å². The Kier molecular flexibility index (Phi) is 2.33. The number of nitrogens with one attached hydrogen (secondary N) is 2. The van der Waals surface area contributed by atoms with E-state index in [1.165, 1.54) is 10.9 Å². The lowest BCUT2D eigenvalue weighted by atomic mass is 10.3. The molecule has 0 spiro atoms. The van der Waals surface area contributed by atoms with Gasteiger partial charge in [0.1, 0.15) is 12.2 Å². The summed E-state index contributed by atoms with van der Waals surface area (Å²) >= 11 is 0. The monoisotopic (exact) mass is 241 g/mol. The summed E-state index contributed by atoms with van der Waals surface area (Å²) in [4.78, 5) is 23.1. The Balaban J connectivity index is 1.88. The van der Waals surface area contributed by atoms with Crippen LogP contribution in [0.1, 0.15) is 5.82 Å². The van der Waals surface area contributed by atoms with Crippen molar-refractivity contribution in [3.05, 3.63) is 42.7 Å². The third kappa shape index (κ3) is 1.84. The molecule has 0 radical (unpaired) electrons. The molecular formula is C12H11N5O. The van der Waals surface area contributed by atoms with Crippen LogP contribution in [0.3, 0.4) is 0 Å². The molecular weight excluding hydrogens is 230 g/mol. The highest BCUT2D eigenvalue weighted by molar-refractivity contribution is 5.93. The average molecular weight is 241 g/mol. The molecule has 6 nitrogen and oxygen atoms in total. The Labute approximate surface area is 103 Å². The number of rotatable bonds is 1. The van der Waals surface area contributed by atoms with E-state index in [-0.39, 0.29) is 6.03 Å². The Hall–Kier alpha value is -2.63. The number of aromatic amines is 1. The number of carbonyl (C=O) groups is 1. The lowest BCUT2D eigenvalue weighted by molar-refractivity contribution is 0.253. The van der Waals surface area contributed by atoms with Gasteiger partial charge in [0.15, 0.2) is 0 Å². The summed E-state index contributed by atoms with van der Waals surface area (Å²) in [7, 11) is 0. The highest BCUT2D eigenvalue weighted by atomic mass is 16.2. The summed E-state index contributed by atoms with van der Waals surface area (Å²) in [6.45, 7) is 1.89. The number of hydrogen-bond acceptors (Lipinski definition) is 3. The van der Waals surface area contributed by atoms with E-state index in [0.29, 0.717) is 5.69 Å². The number of aryl methyl sites for hydroxylation is 1. The zero-order valence-electron chi connectivity index (χ0n) is 9.71. The maximum Gasteiger partial charge on any atom is 0.331 e. The molecule has 0 saturated carbocycles. The van der Waals surface area contributed by atoms with Crippen molar-refractivity contribution >= 4 is 22.8 Å². The van der Waals surface area contributed by atoms with Gasteiger partial charge in [-0.2, -0.15) is 0 Å².